The van der Waals surface area contributed by atoms with Gasteiger partial charge in [0.15, 0.2) is 11.5 Å². The lowest BCUT2D eigenvalue weighted by atomic mass is 10.2. The molecule has 0 aliphatic rings. The zero-order valence-electron chi connectivity index (χ0n) is 17.5. The third-order valence-electron chi connectivity index (χ3n) is 4.42. The predicted molar refractivity (Wildman–Crippen MR) is 134 cm³/mol. The molecular formula is C22H17ClIN3O6. The zero-order chi connectivity index (χ0) is 24.1. The molecule has 33 heavy (non-hydrogen) atoms. The SMILES string of the molecule is CCOc1cc(C=Nc2cc(Cl)ccc2C)cc(I)c1Oc1ccc([N+](=O)[O-])cc1[N+](=O)[O-]. The molecule has 0 aliphatic heterocycles. The fraction of sp³-hybridized carbons (Fsp3) is 0.136. The van der Waals surface area contributed by atoms with Crippen molar-refractivity contribution in [2.45, 2.75) is 13.8 Å². The Bertz CT molecular complexity index is 1270. The van der Waals surface area contributed by atoms with Gasteiger partial charge in [0, 0.05) is 17.3 Å². The number of non-ortho nitro benzene ring substituents is 1. The molecule has 0 bridgehead atoms. The van der Waals surface area contributed by atoms with E-state index in [0.29, 0.717) is 26.5 Å². The van der Waals surface area contributed by atoms with E-state index in [1.807, 2.05) is 35.6 Å². The second kappa shape index (κ2) is 10.6. The molecule has 0 N–H and O–H groups in total. The van der Waals surface area contributed by atoms with Crippen molar-refractivity contribution in [2.75, 3.05) is 6.61 Å². The first-order valence-electron chi connectivity index (χ1n) is 9.56. The highest BCUT2D eigenvalue weighted by Crippen LogP contribution is 2.41. The highest BCUT2D eigenvalue weighted by atomic mass is 127. The molecule has 0 radical (unpaired) electrons. The molecule has 0 fully saturated rings. The Hall–Kier alpha value is -3.25. The minimum Gasteiger partial charge on any atom is -0.490 e. The second-order valence-corrected chi connectivity index (χ2v) is 8.32. The van der Waals surface area contributed by atoms with Crippen LogP contribution in [-0.4, -0.2) is 22.7 Å². The Morgan fingerprint density at radius 3 is 2.48 bits per heavy atom. The first-order valence-corrected chi connectivity index (χ1v) is 11.0. The normalized spacial score (nSPS) is 10.9. The van der Waals surface area contributed by atoms with Crippen molar-refractivity contribution in [1.29, 1.82) is 0 Å². The van der Waals surface area contributed by atoms with Gasteiger partial charge < -0.3 is 9.47 Å². The monoisotopic (exact) mass is 581 g/mol. The number of aliphatic imine (C=N–C) groups is 1. The minimum atomic E-state index is -0.732. The van der Waals surface area contributed by atoms with E-state index >= 15 is 0 Å². The standard InChI is InChI=1S/C22H17ClIN3O6/c1-3-32-21-9-14(12-25-18-10-15(23)5-4-13(18)2)8-17(24)22(21)33-20-7-6-16(26(28)29)11-19(20)27(30)31/h4-12H,3H2,1-2H3. The minimum absolute atomic E-state index is 0.138. The van der Waals surface area contributed by atoms with Gasteiger partial charge in [0.1, 0.15) is 0 Å². The predicted octanol–water partition coefficient (Wildman–Crippen LogP) is 7.01. The summed E-state index contributed by atoms with van der Waals surface area (Å²) in [4.78, 5) is 25.5. The van der Waals surface area contributed by atoms with E-state index in [9.17, 15) is 20.2 Å². The molecular weight excluding hydrogens is 565 g/mol. The molecule has 3 rings (SSSR count). The summed E-state index contributed by atoms with van der Waals surface area (Å²) in [5.41, 5.74) is 1.46. The van der Waals surface area contributed by atoms with Crippen LogP contribution in [0.25, 0.3) is 0 Å². The number of nitro benzene ring substituents is 2. The average Bonchev–Trinajstić information content (AvgIpc) is 2.76. The molecule has 0 aromatic heterocycles. The Balaban J connectivity index is 2.00. The van der Waals surface area contributed by atoms with Crippen molar-refractivity contribution in [3.8, 4) is 17.2 Å². The van der Waals surface area contributed by atoms with Gasteiger partial charge in [0.2, 0.25) is 5.75 Å². The third kappa shape index (κ3) is 5.96. The van der Waals surface area contributed by atoms with Crippen LogP contribution >= 0.6 is 34.2 Å². The summed E-state index contributed by atoms with van der Waals surface area (Å²) in [6, 6.07) is 12.1. The molecule has 3 aromatic carbocycles. The summed E-state index contributed by atoms with van der Waals surface area (Å²) < 4.78 is 12.1. The Morgan fingerprint density at radius 1 is 1.06 bits per heavy atom. The van der Waals surface area contributed by atoms with E-state index in [4.69, 9.17) is 21.1 Å². The first-order chi connectivity index (χ1) is 15.7. The van der Waals surface area contributed by atoms with Gasteiger partial charge in [0.25, 0.3) is 5.69 Å². The Labute approximate surface area is 207 Å². The van der Waals surface area contributed by atoms with Gasteiger partial charge in [-0.15, -0.1) is 0 Å². The van der Waals surface area contributed by atoms with Crippen LogP contribution in [-0.2, 0) is 0 Å². The number of halogens is 2. The molecule has 0 unspecified atom stereocenters. The van der Waals surface area contributed by atoms with Crippen LogP contribution in [0.2, 0.25) is 5.02 Å². The van der Waals surface area contributed by atoms with Crippen LogP contribution < -0.4 is 9.47 Å². The van der Waals surface area contributed by atoms with E-state index in [1.54, 1.807) is 37.4 Å². The third-order valence-corrected chi connectivity index (χ3v) is 5.45. The van der Waals surface area contributed by atoms with Crippen molar-refractivity contribution < 1.29 is 19.3 Å². The summed E-state index contributed by atoms with van der Waals surface area (Å²) in [5.74, 6) is 0.465. The van der Waals surface area contributed by atoms with Crippen molar-refractivity contribution in [3.63, 3.8) is 0 Å². The lowest BCUT2D eigenvalue weighted by Gasteiger charge is -2.14. The maximum absolute atomic E-state index is 11.5. The zero-order valence-corrected chi connectivity index (χ0v) is 20.4. The van der Waals surface area contributed by atoms with E-state index in [-0.39, 0.29) is 11.5 Å². The van der Waals surface area contributed by atoms with E-state index in [0.717, 1.165) is 23.4 Å². The van der Waals surface area contributed by atoms with Gasteiger partial charge in [0.05, 0.1) is 31.8 Å². The number of ether oxygens (including phenoxy) is 2. The summed E-state index contributed by atoms with van der Waals surface area (Å²) in [5, 5.41) is 23.0. The molecule has 0 amide bonds. The lowest BCUT2D eigenvalue weighted by Crippen LogP contribution is -2.01. The highest BCUT2D eigenvalue weighted by molar-refractivity contribution is 14.1. The van der Waals surface area contributed by atoms with Crippen molar-refractivity contribution in [1.82, 2.24) is 0 Å². The van der Waals surface area contributed by atoms with Crippen LogP contribution in [0.4, 0.5) is 17.1 Å². The number of hydrogen-bond acceptors (Lipinski definition) is 7. The summed E-state index contributed by atoms with van der Waals surface area (Å²) in [6.45, 7) is 4.04. The van der Waals surface area contributed by atoms with Crippen molar-refractivity contribution in [3.05, 3.63) is 88.5 Å². The number of hydrogen-bond donors (Lipinski definition) is 0. The molecule has 0 saturated heterocycles. The largest absolute Gasteiger partial charge is 0.490 e. The van der Waals surface area contributed by atoms with Gasteiger partial charge in [-0.2, -0.15) is 0 Å². The van der Waals surface area contributed by atoms with Crippen LogP contribution in [0.5, 0.6) is 17.2 Å². The van der Waals surface area contributed by atoms with Crippen LogP contribution in [0.15, 0.2) is 53.5 Å². The Kier molecular flexibility index (Phi) is 7.82. The molecule has 3 aromatic rings. The average molecular weight is 582 g/mol. The number of aryl methyl sites for hydroxylation is 1. The topological polar surface area (TPSA) is 117 Å². The number of benzene rings is 3. The van der Waals surface area contributed by atoms with Gasteiger partial charge in [-0.25, -0.2) is 0 Å². The van der Waals surface area contributed by atoms with Gasteiger partial charge in [-0.1, -0.05) is 17.7 Å². The van der Waals surface area contributed by atoms with Gasteiger partial charge in [-0.3, -0.25) is 25.2 Å². The summed E-state index contributed by atoms with van der Waals surface area (Å²) in [6.07, 6.45) is 1.65. The van der Waals surface area contributed by atoms with Gasteiger partial charge >= 0.3 is 5.69 Å². The van der Waals surface area contributed by atoms with E-state index in [1.165, 1.54) is 6.07 Å². The summed E-state index contributed by atoms with van der Waals surface area (Å²) >= 11 is 8.08. The highest BCUT2D eigenvalue weighted by Gasteiger charge is 2.23. The second-order valence-electron chi connectivity index (χ2n) is 6.72. The quantitative estimate of drug-likeness (QED) is 0.122. The molecule has 9 nitrogen and oxygen atoms in total. The molecule has 170 valence electrons. The molecule has 11 heteroatoms. The maximum atomic E-state index is 11.5. The molecule has 0 saturated carbocycles. The number of nitro groups is 2. The number of rotatable bonds is 8. The molecule has 0 atom stereocenters. The first kappa shape index (κ1) is 24.4. The fourth-order valence-electron chi connectivity index (χ4n) is 2.85. The number of nitrogens with zero attached hydrogens (tertiary/aromatic N) is 3. The lowest BCUT2D eigenvalue weighted by molar-refractivity contribution is -0.394. The van der Waals surface area contributed by atoms with Crippen LogP contribution in [0.3, 0.4) is 0 Å². The Morgan fingerprint density at radius 2 is 1.82 bits per heavy atom. The van der Waals surface area contributed by atoms with Gasteiger partial charge in [-0.05, 0) is 77.9 Å². The molecule has 0 spiro atoms. The van der Waals surface area contributed by atoms with E-state index in [2.05, 4.69) is 4.99 Å². The smallest absolute Gasteiger partial charge is 0.318 e. The van der Waals surface area contributed by atoms with Crippen LogP contribution in [0.1, 0.15) is 18.1 Å². The molecule has 0 heterocycles. The maximum Gasteiger partial charge on any atom is 0.318 e. The van der Waals surface area contributed by atoms with Crippen molar-refractivity contribution in [2.24, 2.45) is 4.99 Å². The summed E-state index contributed by atoms with van der Waals surface area (Å²) in [7, 11) is 0. The van der Waals surface area contributed by atoms with Crippen molar-refractivity contribution >= 4 is 57.5 Å². The molecule has 0 aliphatic carbocycles. The van der Waals surface area contributed by atoms with Crippen LogP contribution in [0, 0.1) is 30.7 Å². The van der Waals surface area contributed by atoms with E-state index < -0.39 is 21.2 Å². The fourth-order valence-corrected chi connectivity index (χ4v) is 3.75.